The molecule has 6 heteroatoms. The Balaban J connectivity index is 2.38. The first kappa shape index (κ1) is 15.7. The molecule has 0 amide bonds. The summed E-state index contributed by atoms with van der Waals surface area (Å²) < 4.78 is 39.3. The van der Waals surface area contributed by atoms with Gasteiger partial charge in [-0.1, -0.05) is 22.0 Å². The zero-order valence-corrected chi connectivity index (χ0v) is 12.6. The summed E-state index contributed by atoms with van der Waals surface area (Å²) in [5.41, 5.74) is -0.0127. The molecule has 0 aliphatic heterocycles. The molecular weight excluding hydrogens is 347 g/mol. The van der Waals surface area contributed by atoms with E-state index >= 15 is 0 Å². The van der Waals surface area contributed by atoms with E-state index in [-0.39, 0.29) is 16.5 Å². The van der Waals surface area contributed by atoms with Gasteiger partial charge in [0, 0.05) is 16.2 Å². The van der Waals surface area contributed by atoms with Crippen LogP contribution in [-0.4, -0.2) is 10.8 Å². The van der Waals surface area contributed by atoms with Crippen LogP contribution in [0.15, 0.2) is 41.0 Å². The van der Waals surface area contributed by atoms with E-state index in [9.17, 15) is 18.0 Å². The van der Waals surface area contributed by atoms with Crippen LogP contribution in [0.4, 0.5) is 13.2 Å². The van der Waals surface area contributed by atoms with Crippen LogP contribution >= 0.6 is 15.9 Å². The normalized spacial score (nSPS) is 11.5. The predicted octanol–water partition coefficient (Wildman–Crippen LogP) is 4.60. The summed E-state index contributed by atoms with van der Waals surface area (Å²) in [7, 11) is 0. The topological polar surface area (TPSA) is 30.0 Å². The van der Waals surface area contributed by atoms with Crippen LogP contribution in [-0.2, 0) is 12.6 Å². The number of ketones is 1. The molecule has 1 aromatic heterocycles. The Hall–Kier alpha value is -1.69. The molecule has 0 N–H and O–H groups in total. The van der Waals surface area contributed by atoms with Gasteiger partial charge in [-0.05, 0) is 36.8 Å². The van der Waals surface area contributed by atoms with E-state index in [2.05, 4.69) is 20.9 Å². The molecule has 0 atom stereocenters. The molecule has 1 heterocycles. The van der Waals surface area contributed by atoms with E-state index in [0.29, 0.717) is 5.69 Å². The highest BCUT2D eigenvalue weighted by atomic mass is 79.9. The smallest absolute Gasteiger partial charge is 0.294 e. The molecular formula is C15H11BrF3NO. The quantitative estimate of drug-likeness (QED) is 0.751. The molecule has 0 aliphatic carbocycles. The van der Waals surface area contributed by atoms with Crippen molar-refractivity contribution in [2.45, 2.75) is 19.5 Å². The van der Waals surface area contributed by atoms with Gasteiger partial charge in [0.2, 0.25) is 0 Å². The minimum Gasteiger partial charge on any atom is -0.294 e. The molecule has 0 radical (unpaired) electrons. The highest BCUT2D eigenvalue weighted by molar-refractivity contribution is 9.10. The second-order valence-corrected chi connectivity index (χ2v) is 5.47. The van der Waals surface area contributed by atoms with E-state index in [1.54, 1.807) is 19.1 Å². The molecule has 0 saturated carbocycles. The third-order valence-corrected chi connectivity index (χ3v) is 3.53. The first-order valence-electron chi connectivity index (χ1n) is 6.09. The molecule has 0 bridgehead atoms. The van der Waals surface area contributed by atoms with E-state index in [1.807, 2.05) is 0 Å². The van der Waals surface area contributed by atoms with Gasteiger partial charge in [-0.2, -0.15) is 13.2 Å². The average molecular weight is 358 g/mol. The number of carbonyl (C=O) groups excluding carboxylic acids is 1. The van der Waals surface area contributed by atoms with E-state index in [4.69, 9.17) is 0 Å². The van der Waals surface area contributed by atoms with Crippen LogP contribution in [0.5, 0.6) is 0 Å². The minimum absolute atomic E-state index is 0.155. The zero-order chi connectivity index (χ0) is 15.6. The number of aromatic nitrogens is 1. The fourth-order valence-corrected chi connectivity index (χ4v) is 2.31. The van der Waals surface area contributed by atoms with Gasteiger partial charge in [-0.15, -0.1) is 0 Å². The Morgan fingerprint density at radius 3 is 2.62 bits per heavy atom. The molecule has 110 valence electrons. The standard InChI is InChI=1S/C15H11BrF3NO/c1-9-3-2-6-20-13(9)8-14(21)11-5-4-10(16)7-12(11)15(17,18)19/h2-7H,8H2,1H3. The maximum Gasteiger partial charge on any atom is 0.417 e. The SMILES string of the molecule is Cc1cccnc1CC(=O)c1ccc(Br)cc1C(F)(F)F. The summed E-state index contributed by atoms with van der Waals surface area (Å²) >= 11 is 2.99. The highest BCUT2D eigenvalue weighted by Crippen LogP contribution is 2.34. The maximum atomic E-state index is 13.0. The Bertz CT molecular complexity index is 683. The van der Waals surface area contributed by atoms with Crippen molar-refractivity contribution in [2.24, 2.45) is 0 Å². The molecule has 21 heavy (non-hydrogen) atoms. The van der Waals surface area contributed by atoms with Crippen molar-refractivity contribution in [3.05, 3.63) is 63.4 Å². The Morgan fingerprint density at radius 2 is 2.00 bits per heavy atom. The number of hydrogen-bond donors (Lipinski definition) is 0. The van der Waals surface area contributed by atoms with Crippen molar-refractivity contribution in [1.82, 2.24) is 4.98 Å². The lowest BCUT2D eigenvalue weighted by molar-refractivity contribution is -0.138. The maximum absolute atomic E-state index is 13.0. The van der Waals surface area contributed by atoms with Crippen molar-refractivity contribution in [2.75, 3.05) is 0 Å². The summed E-state index contributed by atoms with van der Waals surface area (Å²) in [4.78, 5) is 16.2. The van der Waals surface area contributed by atoms with E-state index < -0.39 is 17.5 Å². The zero-order valence-electron chi connectivity index (χ0n) is 11.0. The Labute approximate surface area is 128 Å². The number of alkyl halides is 3. The minimum atomic E-state index is -4.58. The van der Waals surface area contributed by atoms with Gasteiger partial charge in [-0.25, -0.2) is 0 Å². The summed E-state index contributed by atoms with van der Waals surface area (Å²) in [5.74, 6) is -0.600. The van der Waals surface area contributed by atoms with E-state index in [0.717, 1.165) is 11.6 Å². The van der Waals surface area contributed by atoms with Crippen LogP contribution in [0.3, 0.4) is 0 Å². The van der Waals surface area contributed by atoms with Crippen molar-refractivity contribution in [3.63, 3.8) is 0 Å². The van der Waals surface area contributed by atoms with Gasteiger partial charge in [0.05, 0.1) is 17.7 Å². The molecule has 0 fully saturated rings. The molecule has 2 rings (SSSR count). The number of Topliss-reactive ketones (excluding diaryl/α,β-unsaturated/α-hetero) is 1. The number of halogens is 4. The van der Waals surface area contributed by atoms with Gasteiger partial charge in [0.1, 0.15) is 0 Å². The van der Waals surface area contributed by atoms with Crippen molar-refractivity contribution < 1.29 is 18.0 Å². The van der Waals surface area contributed by atoms with Crippen LogP contribution in [0, 0.1) is 6.92 Å². The molecule has 0 spiro atoms. The van der Waals surface area contributed by atoms with Crippen molar-refractivity contribution in [3.8, 4) is 0 Å². The predicted molar refractivity (Wildman–Crippen MR) is 76.2 cm³/mol. The second-order valence-electron chi connectivity index (χ2n) is 4.55. The summed E-state index contributed by atoms with van der Waals surface area (Å²) in [6.45, 7) is 1.77. The molecule has 0 aliphatic rings. The number of benzene rings is 1. The number of rotatable bonds is 3. The molecule has 2 nitrogen and oxygen atoms in total. The monoisotopic (exact) mass is 357 g/mol. The van der Waals surface area contributed by atoms with Crippen LogP contribution in [0.25, 0.3) is 0 Å². The van der Waals surface area contributed by atoms with Crippen LogP contribution < -0.4 is 0 Å². The number of carbonyl (C=O) groups is 1. The lowest BCUT2D eigenvalue weighted by atomic mass is 9.99. The Morgan fingerprint density at radius 1 is 1.29 bits per heavy atom. The van der Waals surface area contributed by atoms with Crippen LogP contribution in [0.1, 0.15) is 27.2 Å². The fourth-order valence-electron chi connectivity index (χ4n) is 1.94. The largest absolute Gasteiger partial charge is 0.417 e. The van der Waals surface area contributed by atoms with Gasteiger partial charge >= 0.3 is 6.18 Å². The number of hydrogen-bond acceptors (Lipinski definition) is 2. The van der Waals surface area contributed by atoms with Crippen LogP contribution in [0.2, 0.25) is 0 Å². The Kier molecular flexibility index (Phi) is 4.46. The highest BCUT2D eigenvalue weighted by Gasteiger charge is 2.35. The molecule has 0 unspecified atom stereocenters. The number of pyridine rings is 1. The summed E-state index contributed by atoms with van der Waals surface area (Å²) in [6, 6.07) is 7.01. The number of nitrogens with zero attached hydrogens (tertiary/aromatic N) is 1. The first-order chi connectivity index (χ1) is 9.79. The van der Waals surface area contributed by atoms with Gasteiger partial charge in [-0.3, -0.25) is 9.78 Å². The van der Waals surface area contributed by atoms with Gasteiger partial charge in [0.15, 0.2) is 5.78 Å². The van der Waals surface area contributed by atoms with Crippen molar-refractivity contribution >= 4 is 21.7 Å². The average Bonchev–Trinajstić information content (AvgIpc) is 2.40. The van der Waals surface area contributed by atoms with E-state index in [1.165, 1.54) is 18.3 Å². The molecule has 1 aromatic carbocycles. The lowest BCUT2D eigenvalue weighted by Crippen LogP contribution is -2.15. The summed E-state index contributed by atoms with van der Waals surface area (Å²) in [6.07, 6.45) is -3.22. The number of aryl methyl sites for hydroxylation is 1. The van der Waals surface area contributed by atoms with Gasteiger partial charge < -0.3 is 0 Å². The molecule has 0 saturated heterocycles. The second kappa shape index (κ2) is 5.97. The third kappa shape index (κ3) is 3.69. The first-order valence-corrected chi connectivity index (χ1v) is 6.89. The molecule has 2 aromatic rings. The van der Waals surface area contributed by atoms with Crippen molar-refractivity contribution in [1.29, 1.82) is 0 Å². The lowest BCUT2D eigenvalue weighted by Gasteiger charge is -2.13. The summed E-state index contributed by atoms with van der Waals surface area (Å²) in [5, 5.41) is 0. The third-order valence-electron chi connectivity index (χ3n) is 3.03. The fraction of sp³-hybridized carbons (Fsp3) is 0.200. The van der Waals surface area contributed by atoms with Gasteiger partial charge in [0.25, 0.3) is 0 Å².